The Kier molecular flexibility index (Phi) is 6.29. The van der Waals surface area contributed by atoms with Gasteiger partial charge in [-0.2, -0.15) is 0 Å². The molecule has 30 heavy (non-hydrogen) atoms. The molecule has 0 unspecified atom stereocenters. The van der Waals surface area contributed by atoms with E-state index in [0.717, 1.165) is 30.7 Å². The normalized spacial score (nSPS) is 11.2. The van der Waals surface area contributed by atoms with E-state index in [9.17, 15) is 4.39 Å². The Bertz CT molecular complexity index is 1090. The molecule has 152 valence electrons. The van der Waals surface area contributed by atoms with Crippen molar-refractivity contribution >= 4 is 12.2 Å². The van der Waals surface area contributed by atoms with Crippen LogP contribution in [-0.4, -0.2) is 20.0 Å². The predicted molar refractivity (Wildman–Crippen MR) is 111 cm³/mol. The third-order valence-corrected chi connectivity index (χ3v) is 4.47. The molecule has 4 aromatic rings. The lowest BCUT2D eigenvalue weighted by atomic mass is 10.1. The van der Waals surface area contributed by atoms with Gasteiger partial charge >= 0.3 is 0 Å². The summed E-state index contributed by atoms with van der Waals surface area (Å²) in [5.41, 5.74) is 2.77. The molecule has 2 aromatic heterocycles. The quantitative estimate of drug-likeness (QED) is 0.401. The Morgan fingerprint density at radius 1 is 1.10 bits per heavy atom. The number of nitrogens with zero attached hydrogens (tertiary/aromatic N) is 4. The van der Waals surface area contributed by atoms with Gasteiger partial charge in [0, 0.05) is 18.8 Å². The van der Waals surface area contributed by atoms with Crippen LogP contribution < -0.4 is 4.74 Å². The van der Waals surface area contributed by atoms with Crippen molar-refractivity contribution in [3.8, 4) is 5.75 Å². The van der Waals surface area contributed by atoms with E-state index in [1.54, 1.807) is 30.7 Å². The highest BCUT2D eigenvalue weighted by atomic mass is 19.1. The van der Waals surface area contributed by atoms with Crippen LogP contribution in [0.25, 0.3) is 12.2 Å². The van der Waals surface area contributed by atoms with Gasteiger partial charge in [0.25, 0.3) is 0 Å². The molecule has 0 atom stereocenters. The van der Waals surface area contributed by atoms with Crippen molar-refractivity contribution < 1.29 is 13.5 Å². The number of hydrogen-bond donors (Lipinski definition) is 0. The van der Waals surface area contributed by atoms with Crippen molar-refractivity contribution in [2.75, 3.05) is 0 Å². The molecule has 0 N–H and O–H groups in total. The fraction of sp³-hybridized carbons (Fsp3) is 0.174. The van der Waals surface area contributed by atoms with E-state index in [1.807, 2.05) is 35.2 Å². The molecule has 0 spiro atoms. The molecular weight excluding hydrogens is 383 g/mol. The van der Waals surface area contributed by atoms with Crippen molar-refractivity contribution in [1.82, 2.24) is 20.0 Å². The summed E-state index contributed by atoms with van der Waals surface area (Å²) in [5.74, 6) is 1.00. The van der Waals surface area contributed by atoms with Gasteiger partial charge in [-0.05, 0) is 54.3 Å². The van der Waals surface area contributed by atoms with Gasteiger partial charge in [-0.25, -0.2) is 9.37 Å². The fourth-order valence-corrected chi connectivity index (χ4v) is 2.95. The van der Waals surface area contributed by atoms with Crippen LogP contribution in [0, 0.1) is 5.82 Å². The molecule has 0 aliphatic rings. The maximum atomic E-state index is 12.9. The summed E-state index contributed by atoms with van der Waals surface area (Å²) in [4.78, 5) is 4.39. The third kappa shape index (κ3) is 5.64. The first-order valence-corrected chi connectivity index (χ1v) is 9.68. The van der Waals surface area contributed by atoms with Crippen molar-refractivity contribution in [2.45, 2.75) is 26.0 Å². The second kappa shape index (κ2) is 9.65. The molecule has 2 aromatic carbocycles. The number of halogens is 1. The third-order valence-electron chi connectivity index (χ3n) is 4.47. The van der Waals surface area contributed by atoms with Crippen LogP contribution in [0.4, 0.5) is 4.39 Å². The number of hydrogen-bond acceptors (Lipinski definition) is 5. The average molecular weight is 404 g/mol. The molecule has 0 aliphatic carbocycles. The molecule has 4 rings (SSSR count). The Morgan fingerprint density at radius 2 is 2.00 bits per heavy atom. The molecule has 0 fully saturated rings. The lowest BCUT2D eigenvalue weighted by molar-refractivity contribution is 0.300. The van der Waals surface area contributed by atoms with E-state index in [-0.39, 0.29) is 5.82 Å². The fourth-order valence-electron chi connectivity index (χ4n) is 2.95. The van der Waals surface area contributed by atoms with Crippen LogP contribution in [0.1, 0.15) is 29.1 Å². The second-order valence-corrected chi connectivity index (χ2v) is 6.77. The standard InChI is InChI=1S/C23H21FN4O2/c24-20-9-6-18(7-10-20)8-11-23-26-21(17-30-23)16-29-22-5-1-3-19(15-22)4-2-13-28-14-12-25-27-28/h1,3,5-12,14-15,17H,2,4,13,16H2/b11-8+. The van der Waals surface area contributed by atoms with Gasteiger partial charge in [-0.15, -0.1) is 5.10 Å². The predicted octanol–water partition coefficient (Wildman–Crippen LogP) is 4.79. The molecule has 0 saturated carbocycles. The second-order valence-electron chi connectivity index (χ2n) is 6.77. The van der Waals surface area contributed by atoms with Gasteiger partial charge in [0.1, 0.15) is 30.1 Å². The molecular formula is C23H21FN4O2. The van der Waals surface area contributed by atoms with Gasteiger partial charge in [0.05, 0.1) is 6.20 Å². The molecule has 0 saturated heterocycles. The summed E-state index contributed by atoms with van der Waals surface area (Å²) in [7, 11) is 0. The van der Waals surface area contributed by atoms with E-state index in [4.69, 9.17) is 9.15 Å². The van der Waals surface area contributed by atoms with Gasteiger partial charge < -0.3 is 9.15 Å². The first-order valence-electron chi connectivity index (χ1n) is 9.68. The Morgan fingerprint density at radius 3 is 2.83 bits per heavy atom. The van der Waals surface area contributed by atoms with Crippen molar-refractivity contribution in [3.05, 3.63) is 95.7 Å². The molecule has 0 bridgehead atoms. The van der Waals surface area contributed by atoms with Crippen molar-refractivity contribution in [1.29, 1.82) is 0 Å². The zero-order valence-corrected chi connectivity index (χ0v) is 16.3. The molecule has 0 aliphatic heterocycles. The van der Waals surface area contributed by atoms with Crippen LogP contribution in [0.15, 0.2) is 71.6 Å². The van der Waals surface area contributed by atoms with Gasteiger partial charge in [-0.3, -0.25) is 4.68 Å². The number of aromatic nitrogens is 4. The van der Waals surface area contributed by atoms with E-state index in [2.05, 4.69) is 21.4 Å². The summed E-state index contributed by atoms with van der Waals surface area (Å²) in [6, 6.07) is 14.2. The SMILES string of the molecule is Fc1ccc(/C=C/c2nc(COc3cccc(CCCn4ccnn4)c3)co2)cc1. The minimum absolute atomic E-state index is 0.262. The Labute approximate surface area is 173 Å². The highest BCUT2D eigenvalue weighted by Crippen LogP contribution is 2.17. The van der Waals surface area contributed by atoms with Crippen molar-refractivity contribution in [2.24, 2.45) is 0 Å². The highest BCUT2D eigenvalue weighted by Gasteiger charge is 2.04. The summed E-state index contributed by atoms with van der Waals surface area (Å²) in [6.07, 6.45) is 10.6. The van der Waals surface area contributed by atoms with E-state index in [0.29, 0.717) is 18.2 Å². The minimum atomic E-state index is -0.262. The summed E-state index contributed by atoms with van der Waals surface area (Å²) >= 11 is 0. The number of oxazole rings is 1. The zero-order chi connectivity index (χ0) is 20.6. The smallest absolute Gasteiger partial charge is 0.218 e. The van der Waals surface area contributed by atoms with Crippen LogP contribution in [-0.2, 0) is 19.6 Å². The molecule has 0 radical (unpaired) electrons. The van der Waals surface area contributed by atoms with Crippen LogP contribution in [0.5, 0.6) is 5.75 Å². The van der Waals surface area contributed by atoms with E-state index < -0.39 is 0 Å². The summed E-state index contributed by atoms with van der Waals surface area (Å²) in [6.45, 7) is 1.15. The molecule has 2 heterocycles. The monoisotopic (exact) mass is 404 g/mol. The number of aryl methyl sites for hydroxylation is 2. The Balaban J connectivity index is 1.28. The minimum Gasteiger partial charge on any atom is -0.487 e. The lowest BCUT2D eigenvalue weighted by Gasteiger charge is -2.07. The summed E-state index contributed by atoms with van der Waals surface area (Å²) in [5, 5.41) is 7.78. The molecule has 7 heteroatoms. The van der Waals surface area contributed by atoms with E-state index >= 15 is 0 Å². The first kappa shape index (κ1) is 19.6. The van der Waals surface area contributed by atoms with Gasteiger partial charge in [0.2, 0.25) is 5.89 Å². The van der Waals surface area contributed by atoms with Gasteiger partial charge in [-0.1, -0.05) is 29.5 Å². The topological polar surface area (TPSA) is 66.0 Å². The molecule has 6 nitrogen and oxygen atoms in total. The van der Waals surface area contributed by atoms with E-state index in [1.165, 1.54) is 17.7 Å². The van der Waals surface area contributed by atoms with Crippen LogP contribution in [0.3, 0.4) is 0 Å². The van der Waals surface area contributed by atoms with Crippen molar-refractivity contribution in [3.63, 3.8) is 0 Å². The number of ether oxygens (including phenoxy) is 1. The number of rotatable bonds is 9. The lowest BCUT2D eigenvalue weighted by Crippen LogP contribution is -2.01. The number of benzene rings is 2. The highest BCUT2D eigenvalue weighted by molar-refractivity contribution is 5.65. The maximum Gasteiger partial charge on any atom is 0.218 e. The summed E-state index contributed by atoms with van der Waals surface area (Å²) < 4.78 is 26.1. The zero-order valence-electron chi connectivity index (χ0n) is 16.3. The Hall–Kier alpha value is -3.74. The van der Waals surface area contributed by atoms with Gasteiger partial charge in [0.15, 0.2) is 0 Å². The van der Waals surface area contributed by atoms with Crippen LogP contribution >= 0.6 is 0 Å². The first-order chi connectivity index (χ1) is 14.7. The van der Waals surface area contributed by atoms with Crippen LogP contribution in [0.2, 0.25) is 0 Å². The maximum absolute atomic E-state index is 12.9. The molecule has 0 amide bonds. The largest absolute Gasteiger partial charge is 0.487 e. The average Bonchev–Trinajstić information content (AvgIpc) is 3.44.